The summed E-state index contributed by atoms with van der Waals surface area (Å²) in [6.07, 6.45) is -0.287. The molecule has 0 aromatic heterocycles. The number of benzene rings is 3. The Hall–Kier alpha value is -3.83. The van der Waals surface area contributed by atoms with Gasteiger partial charge in [0.05, 0.1) is 24.7 Å². The Morgan fingerprint density at radius 3 is 1.74 bits per heavy atom. The van der Waals surface area contributed by atoms with Crippen molar-refractivity contribution >= 4 is 47.5 Å². The first kappa shape index (κ1) is 33.7. The Morgan fingerprint density at radius 1 is 0.698 bits per heavy atom. The van der Waals surface area contributed by atoms with Gasteiger partial charge in [0.2, 0.25) is 0 Å². The molecule has 0 spiro atoms. The molecule has 0 saturated heterocycles. The van der Waals surface area contributed by atoms with Crippen molar-refractivity contribution in [3.05, 3.63) is 90.5 Å². The van der Waals surface area contributed by atoms with Crippen molar-refractivity contribution in [3.8, 4) is 0 Å². The fraction of sp³-hybridized carbons (Fsp3) is 0.371. The predicted octanol–water partition coefficient (Wildman–Crippen LogP) is 5.35. The van der Waals surface area contributed by atoms with E-state index >= 15 is 0 Å². The maximum Gasteiger partial charge on any atom is 0.339 e. The minimum Gasteiger partial charge on any atom is -0.466 e. The number of carbonyl (C=O) groups excluding carboxylic acids is 4. The second-order valence-corrected chi connectivity index (χ2v) is 12.6. The van der Waals surface area contributed by atoms with Gasteiger partial charge in [-0.3, -0.25) is 14.4 Å². The third kappa shape index (κ3) is 9.08. The van der Waals surface area contributed by atoms with Gasteiger partial charge in [-0.05, 0) is 76.4 Å². The Labute approximate surface area is 255 Å². The molecule has 8 heteroatoms. The molecule has 3 rings (SSSR count). The lowest BCUT2D eigenvalue weighted by Gasteiger charge is -2.30. The summed E-state index contributed by atoms with van der Waals surface area (Å²) in [5.41, 5.74) is 0.419. The van der Waals surface area contributed by atoms with Gasteiger partial charge in [-0.2, -0.15) is 0 Å². The lowest BCUT2D eigenvalue weighted by atomic mass is 9.86. The smallest absolute Gasteiger partial charge is 0.339 e. The van der Waals surface area contributed by atoms with Crippen molar-refractivity contribution in [1.29, 1.82) is 0 Å². The van der Waals surface area contributed by atoms with Crippen LogP contribution in [0.3, 0.4) is 0 Å². The largest absolute Gasteiger partial charge is 0.466 e. The third-order valence-electron chi connectivity index (χ3n) is 7.32. The SMILES string of the molecule is CCOC(=O)C(CC[C@@H](C)[C@H](OC(=O)c1ccccc1P(c1ccccc1)c1ccccc1)C(C)C(=O)OCC)C(C)=O. The first-order valence-electron chi connectivity index (χ1n) is 14.7. The molecule has 0 fully saturated rings. The van der Waals surface area contributed by atoms with E-state index in [1.54, 1.807) is 32.9 Å². The minimum absolute atomic E-state index is 0.173. The summed E-state index contributed by atoms with van der Waals surface area (Å²) in [5.74, 6) is -3.94. The van der Waals surface area contributed by atoms with Crippen LogP contribution < -0.4 is 15.9 Å². The number of hydrogen-bond acceptors (Lipinski definition) is 7. The first-order chi connectivity index (χ1) is 20.7. The van der Waals surface area contributed by atoms with E-state index in [1.165, 1.54) is 6.92 Å². The summed E-state index contributed by atoms with van der Waals surface area (Å²) < 4.78 is 16.5. The van der Waals surface area contributed by atoms with Crippen LogP contribution in [0.5, 0.6) is 0 Å². The molecule has 0 aliphatic heterocycles. The average molecular weight is 605 g/mol. The number of ether oxygens (including phenoxy) is 3. The van der Waals surface area contributed by atoms with Gasteiger partial charge in [-0.25, -0.2) is 4.79 Å². The minimum atomic E-state index is -1.09. The summed E-state index contributed by atoms with van der Waals surface area (Å²) in [6.45, 7) is 8.65. The number of ketones is 1. The zero-order chi connectivity index (χ0) is 31.4. The van der Waals surface area contributed by atoms with E-state index in [4.69, 9.17) is 14.2 Å². The van der Waals surface area contributed by atoms with Gasteiger partial charge in [0.25, 0.3) is 0 Å². The van der Waals surface area contributed by atoms with E-state index in [0.29, 0.717) is 12.0 Å². The molecule has 3 aromatic carbocycles. The van der Waals surface area contributed by atoms with E-state index in [-0.39, 0.29) is 31.3 Å². The van der Waals surface area contributed by atoms with Crippen LogP contribution >= 0.6 is 7.92 Å². The van der Waals surface area contributed by atoms with Gasteiger partial charge in [0, 0.05) is 0 Å². The van der Waals surface area contributed by atoms with Crippen LogP contribution in [0, 0.1) is 17.8 Å². The van der Waals surface area contributed by atoms with Crippen molar-refractivity contribution in [1.82, 2.24) is 0 Å². The van der Waals surface area contributed by atoms with Crippen molar-refractivity contribution < 1.29 is 33.4 Å². The maximum atomic E-state index is 14.0. The zero-order valence-electron chi connectivity index (χ0n) is 25.5. The van der Waals surface area contributed by atoms with Gasteiger partial charge in [0.15, 0.2) is 0 Å². The van der Waals surface area contributed by atoms with E-state index in [2.05, 4.69) is 24.3 Å². The Balaban J connectivity index is 1.96. The number of rotatable bonds is 15. The molecule has 228 valence electrons. The van der Waals surface area contributed by atoms with Gasteiger partial charge < -0.3 is 14.2 Å². The molecule has 43 heavy (non-hydrogen) atoms. The number of hydrogen-bond donors (Lipinski definition) is 0. The lowest BCUT2D eigenvalue weighted by molar-refractivity contribution is -0.154. The Morgan fingerprint density at radius 2 is 1.21 bits per heavy atom. The highest BCUT2D eigenvalue weighted by atomic mass is 31.1. The summed E-state index contributed by atoms with van der Waals surface area (Å²) in [7, 11) is -1.09. The van der Waals surface area contributed by atoms with Gasteiger partial charge in [0.1, 0.15) is 17.8 Å². The average Bonchev–Trinajstić information content (AvgIpc) is 3.01. The van der Waals surface area contributed by atoms with Crippen LogP contribution in [-0.2, 0) is 28.6 Å². The highest BCUT2D eigenvalue weighted by molar-refractivity contribution is 7.80. The molecule has 3 aromatic rings. The van der Waals surface area contributed by atoms with Gasteiger partial charge >= 0.3 is 17.9 Å². The fourth-order valence-corrected chi connectivity index (χ4v) is 7.49. The molecule has 0 bridgehead atoms. The molecule has 0 heterocycles. The summed E-state index contributed by atoms with van der Waals surface area (Å²) >= 11 is 0. The Bertz CT molecular complexity index is 1320. The summed E-state index contributed by atoms with van der Waals surface area (Å²) in [6, 6.07) is 27.5. The molecule has 0 N–H and O–H groups in total. The van der Waals surface area contributed by atoms with Crippen LogP contribution in [0.4, 0.5) is 0 Å². The lowest BCUT2D eigenvalue weighted by Crippen LogP contribution is -2.38. The first-order valence-corrected chi connectivity index (χ1v) is 16.1. The fourth-order valence-electron chi connectivity index (χ4n) is 5.05. The molecule has 2 unspecified atom stereocenters. The monoisotopic (exact) mass is 604 g/mol. The highest BCUT2D eigenvalue weighted by Gasteiger charge is 2.36. The number of Topliss-reactive ketones (excluding diaryl/α,β-unsaturated/α-hetero) is 1. The Kier molecular flexibility index (Phi) is 13.1. The van der Waals surface area contributed by atoms with Crippen LogP contribution in [0.25, 0.3) is 0 Å². The van der Waals surface area contributed by atoms with E-state index in [0.717, 1.165) is 15.9 Å². The van der Waals surface area contributed by atoms with Crippen molar-refractivity contribution in [2.24, 2.45) is 17.8 Å². The molecular formula is C35H41O7P. The highest BCUT2D eigenvalue weighted by Crippen LogP contribution is 2.35. The molecule has 0 aliphatic rings. The topological polar surface area (TPSA) is 96.0 Å². The van der Waals surface area contributed by atoms with E-state index < -0.39 is 43.8 Å². The standard InChI is InChI=1S/C35H41O7P/c1-6-40-33(37)25(4)32(24(3)22-23-29(26(5)36)34(38)41-7-2)42-35(39)30-20-14-15-21-31(30)43(27-16-10-8-11-17-27)28-18-12-9-13-19-28/h8-21,24-25,29,32H,6-7,22-23H2,1-5H3/t24-,25?,29?,32+/m1/s1. The van der Waals surface area contributed by atoms with Crippen LogP contribution in [0.2, 0.25) is 0 Å². The van der Waals surface area contributed by atoms with Crippen LogP contribution in [0.1, 0.15) is 57.8 Å². The van der Waals surface area contributed by atoms with E-state index in [1.807, 2.05) is 55.5 Å². The molecule has 0 amide bonds. The molecule has 0 aliphatic carbocycles. The van der Waals surface area contributed by atoms with Crippen molar-refractivity contribution in [2.75, 3.05) is 13.2 Å². The maximum absolute atomic E-state index is 14.0. The summed E-state index contributed by atoms with van der Waals surface area (Å²) in [5, 5.41) is 3.01. The van der Waals surface area contributed by atoms with Gasteiger partial charge in [-0.1, -0.05) is 85.8 Å². The van der Waals surface area contributed by atoms with Crippen LogP contribution in [0.15, 0.2) is 84.9 Å². The normalized spacial score (nSPS) is 13.8. The predicted molar refractivity (Wildman–Crippen MR) is 169 cm³/mol. The second-order valence-electron chi connectivity index (χ2n) is 10.4. The van der Waals surface area contributed by atoms with Crippen molar-refractivity contribution in [2.45, 2.75) is 53.6 Å². The quantitative estimate of drug-likeness (QED) is 0.0999. The molecular weight excluding hydrogens is 563 g/mol. The second kappa shape index (κ2) is 16.7. The molecule has 0 saturated carbocycles. The molecule has 7 nitrogen and oxygen atoms in total. The summed E-state index contributed by atoms with van der Waals surface area (Å²) in [4.78, 5) is 51.4. The van der Waals surface area contributed by atoms with E-state index in [9.17, 15) is 19.2 Å². The van der Waals surface area contributed by atoms with Crippen LogP contribution in [-0.4, -0.2) is 43.0 Å². The third-order valence-corrected chi connectivity index (χ3v) is 9.82. The van der Waals surface area contributed by atoms with Crippen molar-refractivity contribution in [3.63, 3.8) is 0 Å². The number of carbonyl (C=O) groups is 4. The molecule has 4 atom stereocenters. The van der Waals surface area contributed by atoms with Gasteiger partial charge in [-0.15, -0.1) is 0 Å². The zero-order valence-corrected chi connectivity index (χ0v) is 26.4. The number of esters is 3. The molecule has 0 radical (unpaired) electrons.